The fourth-order valence-corrected chi connectivity index (χ4v) is 4.99. The van der Waals surface area contributed by atoms with Crippen molar-refractivity contribution < 1.29 is 36.8 Å². The molecule has 0 N–H and O–H groups in total. The number of halogens is 6. The van der Waals surface area contributed by atoms with Gasteiger partial charge in [-0.15, -0.1) is 0 Å². The number of aryl methyl sites for hydroxylation is 1. The average molecular weight is 572 g/mol. The molecule has 0 saturated heterocycles. The van der Waals surface area contributed by atoms with Gasteiger partial charge in [0.15, 0.2) is 5.82 Å². The van der Waals surface area contributed by atoms with Crippen LogP contribution in [0.25, 0.3) is 0 Å². The summed E-state index contributed by atoms with van der Waals surface area (Å²) in [6, 6.07) is 5.88. The molecule has 2 aromatic carbocycles. The van der Waals surface area contributed by atoms with Gasteiger partial charge in [-0.1, -0.05) is 39.6 Å². The van der Waals surface area contributed by atoms with Crippen molar-refractivity contribution >= 4 is 46.9 Å². The van der Waals surface area contributed by atoms with Crippen LogP contribution in [0.15, 0.2) is 40.6 Å². The maximum Gasteiger partial charge on any atom is 0.435 e. The Morgan fingerprint density at radius 1 is 1.16 bits per heavy atom. The zero-order valence-corrected chi connectivity index (χ0v) is 21.2. The van der Waals surface area contributed by atoms with Crippen LogP contribution in [0.1, 0.15) is 52.7 Å². The highest BCUT2D eigenvalue weighted by atomic mass is 35.5. The van der Waals surface area contributed by atoms with E-state index in [0.717, 1.165) is 35.6 Å². The van der Waals surface area contributed by atoms with Crippen molar-refractivity contribution in [3.63, 3.8) is 0 Å². The Labute approximate surface area is 223 Å². The third kappa shape index (κ3) is 4.51. The number of nitrogens with zero attached hydrogens (tertiary/aromatic N) is 3. The molecule has 2 aliphatic heterocycles. The van der Waals surface area contributed by atoms with E-state index in [-0.39, 0.29) is 16.8 Å². The molecular weight excluding hydrogens is 553 g/mol. The molecule has 0 aromatic heterocycles. The van der Waals surface area contributed by atoms with Crippen molar-refractivity contribution in [2.45, 2.75) is 50.6 Å². The van der Waals surface area contributed by atoms with Crippen LogP contribution >= 0.6 is 23.2 Å². The molecule has 200 valence electrons. The van der Waals surface area contributed by atoms with Crippen LogP contribution in [-0.4, -0.2) is 41.0 Å². The highest BCUT2D eigenvalue weighted by Crippen LogP contribution is 2.50. The Kier molecular flexibility index (Phi) is 6.63. The molecule has 2 atom stereocenters. The number of rotatable bonds is 6. The summed E-state index contributed by atoms with van der Waals surface area (Å²) >= 11 is 11.5. The summed E-state index contributed by atoms with van der Waals surface area (Å²) in [5, 5.41) is 6.49. The largest absolute Gasteiger partial charge is 0.435 e. The monoisotopic (exact) mass is 571 g/mol. The molecule has 0 bridgehead atoms. The first-order valence-corrected chi connectivity index (χ1v) is 12.3. The third-order valence-electron chi connectivity index (χ3n) is 6.81. The van der Waals surface area contributed by atoms with Gasteiger partial charge >= 0.3 is 6.18 Å². The summed E-state index contributed by atoms with van der Waals surface area (Å²) in [5.41, 5.74) is -1.89. The number of oxime groups is 2. The zero-order chi connectivity index (χ0) is 27.4. The van der Waals surface area contributed by atoms with E-state index in [9.17, 15) is 27.2 Å². The first-order valence-electron chi connectivity index (χ1n) is 11.5. The number of imide groups is 1. The fraction of sp³-hybridized carbons (Fsp3) is 0.360. The number of hydrogen-bond acceptors (Lipinski definition) is 6. The molecule has 2 heterocycles. The molecule has 1 unspecified atom stereocenters. The summed E-state index contributed by atoms with van der Waals surface area (Å²) in [5.74, 6) is -1.36. The summed E-state index contributed by atoms with van der Waals surface area (Å²) in [6.45, 7) is 1.58. The molecular formula is C25H19Cl2F4N3O4. The molecule has 2 amide bonds. The molecule has 1 fully saturated rings. The Balaban J connectivity index is 1.38. The van der Waals surface area contributed by atoms with Crippen molar-refractivity contribution in [2.75, 3.05) is 0 Å². The molecule has 7 nitrogen and oxygen atoms in total. The summed E-state index contributed by atoms with van der Waals surface area (Å²) in [4.78, 5) is 36.0. The number of carbonyl (C=O) groups excluding carboxylic acids is 2. The molecule has 3 aliphatic rings. The maximum absolute atomic E-state index is 14.3. The van der Waals surface area contributed by atoms with Gasteiger partial charge < -0.3 is 9.68 Å². The smallest absolute Gasteiger partial charge is 0.374 e. The second-order valence-corrected chi connectivity index (χ2v) is 10.2. The summed E-state index contributed by atoms with van der Waals surface area (Å²) in [6.07, 6.45) is -3.87. The van der Waals surface area contributed by atoms with E-state index in [4.69, 9.17) is 32.9 Å². The van der Waals surface area contributed by atoms with Crippen molar-refractivity contribution in [3.8, 4) is 0 Å². The van der Waals surface area contributed by atoms with E-state index >= 15 is 0 Å². The van der Waals surface area contributed by atoms with Crippen molar-refractivity contribution in [1.82, 2.24) is 4.90 Å². The van der Waals surface area contributed by atoms with Gasteiger partial charge in [0.05, 0.1) is 21.5 Å². The average Bonchev–Trinajstić information content (AvgIpc) is 3.41. The van der Waals surface area contributed by atoms with E-state index in [1.165, 1.54) is 18.2 Å². The highest BCUT2D eigenvalue weighted by molar-refractivity contribution is 6.35. The molecule has 0 spiro atoms. The predicted molar refractivity (Wildman–Crippen MR) is 129 cm³/mol. The highest BCUT2D eigenvalue weighted by Gasteiger charge is 2.62. The van der Waals surface area contributed by atoms with Gasteiger partial charge in [-0.2, -0.15) is 13.2 Å². The molecule has 1 saturated carbocycles. The number of alkyl halides is 3. The zero-order valence-electron chi connectivity index (χ0n) is 19.7. The topological polar surface area (TPSA) is 80.6 Å². The van der Waals surface area contributed by atoms with Gasteiger partial charge in [0.1, 0.15) is 0 Å². The Bertz CT molecular complexity index is 1370. The van der Waals surface area contributed by atoms with Crippen LogP contribution in [0, 0.1) is 18.7 Å². The maximum atomic E-state index is 14.3. The quantitative estimate of drug-likeness (QED) is 0.237. The van der Waals surface area contributed by atoms with Gasteiger partial charge in [-0.3, -0.25) is 9.59 Å². The lowest BCUT2D eigenvalue weighted by Crippen LogP contribution is -2.42. The van der Waals surface area contributed by atoms with Crippen LogP contribution in [-0.2, 0) is 20.1 Å². The lowest BCUT2D eigenvalue weighted by atomic mass is 9.86. The molecule has 13 heteroatoms. The van der Waals surface area contributed by atoms with Gasteiger partial charge in [-0.25, -0.2) is 9.29 Å². The van der Waals surface area contributed by atoms with Crippen molar-refractivity contribution in [3.05, 3.63) is 68.4 Å². The van der Waals surface area contributed by atoms with E-state index < -0.39 is 51.8 Å². The van der Waals surface area contributed by atoms with Gasteiger partial charge in [0.25, 0.3) is 11.5 Å². The fourth-order valence-electron chi connectivity index (χ4n) is 4.50. The predicted octanol–water partition coefficient (Wildman–Crippen LogP) is 6.13. The molecule has 0 radical (unpaired) electrons. The third-order valence-corrected chi connectivity index (χ3v) is 7.36. The number of carbonyl (C=O) groups is 2. The molecule has 38 heavy (non-hydrogen) atoms. The normalized spacial score (nSPS) is 22.9. The van der Waals surface area contributed by atoms with Crippen LogP contribution in [0.4, 0.5) is 17.6 Å². The Morgan fingerprint density at radius 3 is 2.42 bits per heavy atom. The summed E-state index contributed by atoms with van der Waals surface area (Å²) in [7, 11) is 0. The first-order chi connectivity index (χ1) is 17.9. The van der Waals surface area contributed by atoms with E-state index in [1.807, 2.05) is 0 Å². The van der Waals surface area contributed by atoms with Crippen molar-refractivity contribution in [2.24, 2.45) is 16.2 Å². The minimum atomic E-state index is -4.96. The Morgan fingerprint density at radius 2 is 1.84 bits per heavy atom. The summed E-state index contributed by atoms with van der Waals surface area (Å²) < 4.78 is 56.7. The van der Waals surface area contributed by atoms with E-state index in [0.29, 0.717) is 24.3 Å². The second kappa shape index (κ2) is 9.53. The molecule has 2 aromatic rings. The first kappa shape index (κ1) is 26.4. The van der Waals surface area contributed by atoms with Crippen LogP contribution in [0.5, 0.6) is 0 Å². The van der Waals surface area contributed by atoms with Gasteiger partial charge in [-0.05, 0) is 55.2 Å². The van der Waals surface area contributed by atoms with E-state index in [1.54, 1.807) is 6.92 Å². The van der Waals surface area contributed by atoms with E-state index in [2.05, 4.69) is 10.3 Å². The number of amides is 2. The lowest BCUT2D eigenvalue weighted by Gasteiger charge is -2.29. The van der Waals surface area contributed by atoms with Crippen molar-refractivity contribution in [1.29, 1.82) is 0 Å². The van der Waals surface area contributed by atoms with Crippen LogP contribution in [0.2, 0.25) is 10.0 Å². The van der Waals surface area contributed by atoms with Gasteiger partial charge in [0.2, 0.25) is 12.6 Å². The SMILES string of the molecule is Cc1cc(C2=NO[C@@](c3cc(Cl)c(F)c(Cl)c3)(C(F)(F)F)C2)ccc1C(=O)N(C=O)C1CC(C2CC2)=NO1. The molecule has 5 rings (SSSR count). The number of hydrogen-bond donors (Lipinski definition) is 0. The lowest BCUT2D eigenvalue weighted by molar-refractivity contribution is -0.275. The number of benzene rings is 2. The standard InChI is InChI=1S/C25H19Cl2F4N3O4/c1-12-6-14(4-5-16(12)23(36)34(11-35)21-9-19(32-37-21)13-2-3-13)20-10-24(38-33-20,25(29,30)31)15-7-17(26)22(28)18(27)8-15/h4-8,11,13,21H,2-3,9-10H2,1H3/t21?,24-/m0/s1. The van der Waals surface area contributed by atoms with Crippen LogP contribution < -0.4 is 0 Å². The van der Waals surface area contributed by atoms with Gasteiger partial charge in [0, 0.05) is 29.9 Å². The Hall–Kier alpha value is -3.18. The van der Waals surface area contributed by atoms with Crippen LogP contribution in [0.3, 0.4) is 0 Å². The minimum absolute atomic E-state index is 0.0603. The minimum Gasteiger partial charge on any atom is -0.374 e. The second-order valence-electron chi connectivity index (χ2n) is 9.35. The molecule has 1 aliphatic carbocycles.